The van der Waals surface area contributed by atoms with Gasteiger partial charge in [0.15, 0.2) is 0 Å². The van der Waals surface area contributed by atoms with Crippen LogP contribution in [0.3, 0.4) is 0 Å². The van der Waals surface area contributed by atoms with Crippen LogP contribution in [0.2, 0.25) is 0 Å². The molecule has 4 fully saturated rings. The standard InChI is InChI=1S/C27H30F3N5O4/c28-20-7-3-4-8-21(20)33-24(37)16-9-17(11-31)34(14-16)26(39)23-18-6-2-1-5-15(18)13-35(23)22(36)12-32-25(38)19-10-27(19,29)30/h3-4,7-8,15-19,23H,1-2,5-6,9-10,12-14H2,(H,32,38)(H,33,37)/t15?,16?,17?,18?,19?,23-/m0/s1. The van der Waals surface area contributed by atoms with Gasteiger partial charge in [-0.25, -0.2) is 13.2 Å². The van der Waals surface area contributed by atoms with Crippen molar-refractivity contribution in [2.45, 2.75) is 56.5 Å². The molecule has 5 rings (SSSR count). The number of nitrogens with one attached hydrogen (secondary N) is 2. The Morgan fingerprint density at radius 2 is 1.77 bits per heavy atom. The van der Waals surface area contributed by atoms with Crippen LogP contribution in [0.5, 0.6) is 0 Å². The molecule has 4 aliphatic rings. The fraction of sp³-hybridized carbons (Fsp3) is 0.593. The molecule has 208 valence electrons. The van der Waals surface area contributed by atoms with Crippen LogP contribution in [0.4, 0.5) is 18.9 Å². The van der Waals surface area contributed by atoms with Crippen molar-refractivity contribution in [1.82, 2.24) is 15.1 Å². The van der Waals surface area contributed by atoms with Gasteiger partial charge in [-0.3, -0.25) is 19.2 Å². The lowest BCUT2D eigenvalue weighted by Gasteiger charge is -2.33. The summed E-state index contributed by atoms with van der Waals surface area (Å²) in [6.45, 7) is -0.248. The highest BCUT2D eigenvalue weighted by atomic mass is 19.3. The maximum absolute atomic E-state index is 14.0. The Morgan fingerprint density at radius 3 is 2.46 bits per heavy atom. The molecular weight excluding hydrogens is 515 g/mol. The summed E-state index contributed by atoms with van der Waals surface area (Å²) in [4.78, 5) is 54.7. The van der Waals surface area contributed by atoms with E-state index in [1.165, 1.54) is 28.0 Å². The van der Waals surface area contributed by atoms with E-state index in [1.54, 1.807) is 6.07 Å². The first-order valence-corrected chi connectivity index (χ1v) is 13.3. The van der Waals surface area contributed by atoms with Crippen molar-refractivity contribution in [3.63, 3.8) is 0 Å². The first-order chi connectivity index (χ1) is 18.6. The number of benzene rings is 1. The zero-order chi connectivity index (χ0) is 27.9. The Labute approximate surface area is 223 Å². The predicted octanol–water partition coefficient (Wildman–Crippen LogP) is 2.29. The van der Waals surface area contributed by atoms with Crippen molar-refractivity contribution in [3.8, 4) is 6.07 Å². The molecule has 9 nitrogen and oxygen atoms in total. The van der Waals surface area contributed by atoms with Crippen LogP contribution in [-0.2, 0) is 19.2 Å². The molecule has 2 aliphatic carbocycles. The summed E-state index contributed by atoms with van der Waals surface area (Å²) in [5.41, 5.74) is 0.00408. The summed E-state index contributed by atoms with van der Waals surface area (Å²) in [5.74, 6) is -8.27. The van der Waals surface area contributed by atoms with E-state index >= 15 is 0 Å². The number of likely N-dealkylation sites (tertiary alicyclic amines) is 2. The highest BCUT2D eigenvalue weighted by Crippen LogP contribution is 2.48. The normalized spacial score (nSPS) is 30.7. The number of amides is 4. The Hall–Kier alpha value is -3.62. The smallest absolute Gasteiger partial charge is 0.260 e. The van der Waals surface area contributed by atoms with Gasteiger partial charge in [-0.05, 0) is 43.2 Å². The second-order valence-electron chi connectivity index (χ2n) is 11.0. The van der Waals surface area contributed by atoms with E-state index in [0.717, 1.165) is 19.3 Å². The molecule has 0 aromatic heterocycles. The number of carbonyl (C=O) groups excluding carboxylic acids is 4. The van der Waals surface area contributed by atoms with Crippen molar-refractivity contribution in [1.29, 1.82) is 5.26 Å². The second-order valence-corrected chi connectivity index (χ2v) is 11.0. The minimum Gasteiger partial charge on any atom is -0.347 e. The molecule has 39 heavy (non-hydrogen) atoms. The molecule has 2 saturated carbocycles. The van der Waals surface area contributed by atoms with Gasteiger partial charge in [0.25, 0.3) is 5.92 Å². The first kappa shape index (κ1) is 27.0. The van der Waals surface area contributed by atoms with E-state index in [0.29, 0.717) is 13.0 Å². The van der Waals surface area contributed by atoms with E-state index in [9.17, 15) is 37.6 Å². The van der Waals surface area contributed by atoms with Crippen LogP contribution in [0.25, 0.3) is 0 Å². The van der Waals surface area contributed by atoms with Crippen molar-refractivity contribution >= 4 is 29.3 Å². The SMILES string of the molecule is N#CC1CC(C(=O)Nc2ccccc2F)CN1C(=O)[C@@H]1C2CCCCC2CN1C(=O)CNC(=O)C1CC1(F)F. The zero-order valence-electron chi connectivity index (χ0n) is 21.2. The number of nitrogens with zero attached hydrogens (tertiary/aromatic N) is 3. The number of halogens is 3. The topological polar surface area (TPSA) is 123 Å². The average Bonchev–Trinajstić information content (AvgIpc) is 3.24. The molecule has 0 bridgehead atoms. The molecule has 2 N–H and O–H groups in total. The number of rotatable bonds is 6. The molecule has 2 aliphatic heterocycles. The lowest BCUT2D eigenvalue weighted by Crippen LogP contribution is -2.53. The van der Waals surface area contributed by atoms with Gasteiger partial charge in [-0.2, -0.15) is 5.26 Å². The monoisotopic (exact) mass is 545 g/mol. The fourth-order valence-electron chi connectivity index (χ4n) is 6.29. The molecule has 1 aromatic carbocycles. The number of alkyl halides is 2. The predicted molar refractivity (Wildman–Crippen MR) is 131 cm³/mol. The van der Waals surface area contributed by atoms with Crippen molar-refractivity contribution in [3.05, 3.63) is 30.1 Å². The third-order valence-corrected chi connectivity index (χ3v) is 8.51. The van der Waals surface area contributed by atoms with Crippen LogP contribution in [0.1, 0.15) is 38.5 Å². The van der Waals surface area contributed by atoms with Gasteiger partial charge in [-0.1, -0.05) is 25.0 Å². The van der Waals surface area contributed by atoms with E-state index in [2.05, 4.69) is 16.7 Å². The van der Waals surface area contributed by atoms with Crippen LogP contribution < -0.4 is 10.6 Å². The molecular formula is C27H30F3N5O4. The zero-order valence-corrected chi connectivity index (χ0v) is 21.2. The van der Waals surface area contributed by atoms with E-state index in [4.69, 9.17) is 0 Å². The lowest BCUT2D eigenvalue weighted by atomic mass is 9.78. The Kier molecular flexibility index (Phi) is 7.27. The molecule has 2 saturated heterocycles. The Balaban J connectivity index is 1.29. The largest absolute Gasteiger partial charge is 0.347 e. The summed E-state index contributed by atoms with van der Waals surface area (Å²) >= 11 is 0. The number of fused-ring (bicyclic) bond motifs is 1. The molecule has 6 atom stereocenters. The fourth-order valence-corrected chi connectivity index (χ4v) is 6.29. The Bertz CT molecular complexity index is 1220. The molecule has 12 heteroatoms. The average molecular weight is 546 g/mol. The number of hydrogen-bond donors (Lipinski definition) is 2. The number of carbonyl (C=O) groups is 4. The molecule has 0 spiro atoms. The maximum atomic E-state index is 14.0. The minimum absolute atomic E-state index is 0.00408. The van der Waals surface area contributed by atoms with Crippen molar-refractivity contribution in [2.75, 3.05) is 25.0 Å². The van der Waals surface area contributed by atoms with Crippen LogP contribution in [0, 0.1) is 40.8 Å². The highest BCUT2D eigenvalue weighted by Gasteiger charge is 2.61. The van der Waals surface area contributed by atoms with Crippen molar-refractivity contribution in [2.24, 2.45) is 23.7 Å². The summed E-state index contributed by atoms with van der Waals surface area (Å²) in [5, 5.41) is 14.6. The van der Waals surface area contributed by atoms with E-state index in [-0.39, 0.29) is 30.5 Å². The summed E-state index contributed by atoms with van der Waals surface area (Å²) in [6, 6.07) is 6.01. The van der Waals surface area contributed by atoms with E-state index < -0.39 is 72.3 Å². The van der Waals surface area contributed by atoms with Gasteiger partial charge in [0, 0.05) is 19.5 Å². The highest BCUT2D eigenvalue weighted by molar-refractivity contribution is 5.95. The number of anilines is 1. The third-order valence-electron chi connectivity index (χ3n) is 8.51. The Morgan fingerprint density at radius 1 is 1.05 bits per heavy atom. The summed E-state index contributed by atoms with van der Waals surface area (Å²) < 4.78 is 40.5. The van der Waals surface area contributed by atoms with Gasteiger partial charge >= 0.3 is 0 Å². The minimum atomic E-state index is -3.05. The maximum Gasteiger partial charge on any atom is 0.260 e. The molecule has 1 aromatic rings. The third kappa shape index (κ3) is 5.31. The van der Waals surface area contributed by atoms with Gasteiger partial charge in [0.1, 0.15) is 23.8 Å². The lowest BCUT2D eigenvalue weighted by molar-refractivity contribution is -0.145. The van der Waals surface area contributed by atoms with Crippen LogP contribution in [-0.4, -0.2) is 71.1 Å². The van der Waals surface area contributed by atoms with E-state index in [1.807, 2.05) is 0 Å². The van der Waals surface area contributed by atoms with Gasteiger partial charge < -0.3 is 20.4 Å². The molecule has 2 heterocycles. The van der Waals surface area contributed by atoms with Crippen molar-refractivity contribution < 1.29 is 32.3 Å². The van der Waals surface area contributed by atoms with Gasteiger partial charge in [-0.15, -0.1) is 0 Å². The first-order valence-electron chi connectivity index (χ1n) is 13.3. The molecule has 0 radical (unpaired) electrons. The van der Waals surface area contributed by atoms with Crippen LogP contribution in [0.15, 0.2) is 24.3 Å². The quantitative estimate of drug-likeness (QED) is 0.568. The second kappa shape index (κ2) is 10.5. The number of hydrogen-bond acceptors (Lipinski definition) is 5. The summed E-state index contributed by atoms with van der Waals surface area (Å²) in [7, 11) is 0. The van der Waals surface area contributed by atoms with Crippen LogP contribution >= 0.6 is 0 Å². The number of para-hydroxylation sites is 1. The van der Waals surface area contributed by atoms with Gasteiger partial charge in [0.05, 0.1) is 24.2 Å². The summed E-state index contributed by atoms with van der Waals surface area (Å²) in [6.07, 6.45) is 2.92. The molecule has 4 amide bonds. The van der Waals surface area contributed by atoms with Gasteiger partial charge in [0.2, 0.25) is 23.6 Å². The molecule has 5 unspecified atom stereocenters. The number of nitriles is 1.